The second-order valence-electron chi connectivity index (χ2n) is 6.88. The lowest BCUT2D eigenvalue weighted by Gasteiger charge is -2.11. The van der Waals surface area contributed by atoms with Gasteiger partial charge in [-0.1, -0.05) is 29.8 Å². The smallest absolute Gasteiger partial charge is 0.181 e. The first-order valence-corrected chi connectivity index (χ1v) is 9.37. The van der Waals surface area contributed by atoms with Crippen LogP contribution in [0, 0.1) is 6.92 Å². The lowest BCUT2D eigenvalue weighted by atomic mass is 10.1. The van der Waals surface area contributed by atoms with Crippen LogP contribution in [-0.2, 0) is 22.6 Å². The van der Waals surface area contributed by atoms with Crippen molar-refractivity contribution in [3.63, 3.8) is 0 Å². The molecule has 0 bridgehead atoms. The van der Waals surface area contributed by atoms with Crippen molar-refractivity contribution in [2.75, 3.05) is 13.2 Å². The molecule has 1 unspecified atom stereocenters. The van der Waals surface area contributed by atoms with E-state index in [0.717, 1.165) is 30.8 Å². The molecule has 1 atom stereocenters. The summed E-state index contributed by atoms with van der Waals surface area (Å²) >= 11 is 0. The fourth-order valence-corrected chi connectivity index (χ4v) is 3.27. The zero-order valence-electron chi connectivity index (χ0n) is 15.5. The van der Waals surface area contributed by atoms with Gasteiger partial charge in [-0.2, -0.15) is 5.10 Å². The van der Waals surface area contributed by atoms with Crippen LogP contribution in [0.4, 0.5) is 0 Å². The molecule has 0 radical (unpaired) electrons. The van der Waals surface area contributed by atoms with Gasteiger partial charge in [-0.3, -0.25) is 4.98 Å². The number of aromatic nitrogens is 4. The third-order valence-corrected chi connectivity index (χ3v) is 4.66. The van der Waals surface area contributed by atoms with Crippen molar-refractivity contribution < 1.29 is 9.47 Å². The average Bonchev–Trinajstić information content (AvgIpc) is 3.33. The Morgan fingerprint density at radius 1 is 1.22 bits per heavy atom. The summed E-state index contributed by atoms with van der Waals surface area (Å²) in [5.74, 6) is 1.52. The molecule has 0 N–H and O–H groups in total. The van der Waals surface area contributed by atoms with Crippen molar-refractivity contribution in [2.45, 2.75) is 39.0 Å². The Labute approximate surface area is 159 Å². The molecule has 6 heteroatoms. The molecule has 0 amide bonds. The minimum atomic E-state index is 0.206. The Balaban J connectivity index is 1.53. The van der Waals surface area contributed by atoms with E-state index in [1.54, 1.807) is 12.4 Å². The van der Waals surface area contributed by atoms with Crippen LogP contribution in [0.3, 0.4) is 0 Å². The highest BCUT2D eigenvalue weighted by molar-refractivity contribution is 5.53. The van der Waals surface area contributed by atoms with E-state index in [2.05, 4.69) is 36.2 Å². The predicted molar refractivity (Wildman–Crippen MR) is 102 cm³/mol. The van der Waals surface area contributed by atoms with Crippen molar-refractivity contribution in [1.82, 2.24) is 19.7 Å². The maximum atomic E-state index is 5.89. The molecule has 1 fully saturated rings. The van der Waals surface area contributed by atoms with E-state index in [0.29, 0.717) is 25.6 Å². The largest absolute Gasteiger partial charge is 0.376 e. The first kappa shape index (κ1) is 17.8. The molecule has 4 rings (SSSR count). The Morgan fingerprint density at radius 3 is 2.89 bits per heavy atom. The van der Waals surface area contributed by atoms with E-state index < -0.39 is 0 Å². The van der Waals surface area contributed by atoms with Gasteiger partial charge in [0.05, 0.1) is 19.3 Å². The van der Waals surface area contributed by atoms with E-state index in [9.17, 15) is 0 Å². The molecule has 2 aromatic heterocycles. The summed E-state index contributed by atoms with van der Waals surface area (Å²) in [5.41, 5.74) is 3.38. The van der Waals surface area contributed by atoms with Crippen LogP contribution in [-0.4, -0.2) is 39.1 Å². The zero-order valence-corrected chi connectivity index (χ0v) is 15.5. The summed E-state index contributed by atoms with van der Waals surface area (Å²) in [6.07, 6.45) is 5.90. The molecular weight excluding hydrogens is 340 g/mol. The predicted octanol–water partition coefficient (Wildman–Crippen LogP) is 3.39. The number of pyridine rings is 1. The maximum absolute atomic E-state index is 5.89. The second kappa shape index (κ2) is 8.41. The molecule has 1 aliphatic rings. The molecule has 1 aliphatic heterocycles. The average molecular weight is 364 g/mol. The molecule has 0 aliphatic carbocycles. The van der Waals surface area contributed by atoms with Gasteiger partial charge in [-0.15, -0.1) is 0 Å². The van der Waals surface area contributed by atoms with Gasteiger partial charge in [-0.25, -0.2) is 9.67 Å². The molecule has 3 aromatic rings. The molecule has 0 spiro atoms. The van der Waals surface area contributed by atoms with Gasteiger partial charge in [0.15, 0.2) is 11.6 Å². The quantitative estimate of drug-likeness (QED) is 0.643. The van der Waals surface area contributed by atoms with Crippen LogP contribution in [0.2, 0.25) is 0 Å². The molecule has 1 saturated heterocycles. The molecule has 140 valence electrons. The fourth-order valence-electron chi connectivity index (χ4n) is 3.27. The van der Waals surface area contributed by atoms with Gasteiger partial charge < -0.3 is 9.47 Å². The van der Waals surface area contributed by atoms with Gasteiger partial charge >= 0.3 is 0 Å². The number of aryl methyl sites for hydroxylation is 1. The standard InChI is InChI=1S/C21H24N4O2/c1-16-4-2-5-17(12-16)13-25-20(15-26-14-19-6-3-11-27-19)23-21(24-25)18-7-9-22-10-8-18/h2,4-5,7-10,12,19H,3,6,11,13-15H2,1H3. The van der Waals surface area contributed by atoms with Crippen LogP contribution in [0.1, 0.15) is 29.8 Å². The summed E-state index contributed by atoms with van der Waals surface area (Å²) in [4.78, 5) is 8.79. The highest BCUT2D eigenvalue weighted by atomic mass is 16.5. The first-order chi connectivity index (χ1) is 13.3. The molecule has 6 nitrogen and oxygen atoms in total. The third-order valence-electron chi connectivity index (χ3n) is 4.66. The Kier molecular flexibility index (Phi) is 5.55. The zero-order chi connectivity index (χ0) is 18.5. The van der Waals surface area contributed by atoms with Crippen molar-refractivity contribution in [1.29, 1.82) is 0 Å². The van der Waals surface area contributed by atoms with Crippen LogP contribution in [0.25, 0.3) is 11.4 Å². The summed E-state index contributed by atoms with van der Waals surface area (Å²) < 4.78 is 13.5. The minimum absolute atomic E-state index is 0.206. The van der Waals surface area contributed by atoms with Crippen molar-refractivity contribution in [3.05, 3.63) is 65.7 Å². The monoisotopic (exact) mass is 364 g/mol. The number of ether oxygens (including phenoxy) is 2. The molecular formula is C21H24N4O2. The lowest BCUT2D eigenvalue weighted by Crippen LogP contribution is -2.16. The van der Waals surface area contributed by atoms with E-state index in [-0.39, 0.29) is 6.10 Å². The number of nitrogens with zero attached hydrogens (tertiary/aromatic N) is 4. The summed E-state index contributed by atoms with van der Waals surface area (Å²) in [5, 5.41) is 4.72. The van der Waals surface area contributed by atoms with E-state index in [4.69, 9.17) is 19.6 Å². The highest BCUT2D eigenvalue weighted by Crippen LogP contribution is 2.17. The van der Waals surface area contributed by atoms with Crippen LogP contribution in [0.5, 0.6) is 0 Å². The lowest BCUT2D eigenvalue weighted by molar-refractivity contribution is 0.00772. The molecule has 3 heterocycles. The Morgan fingerprint density at radius 2 is 2.11 bits per heavy atom. The van der Waals surface area contributed by atoms with Crippen LogP contribution < -0.4 is 0 Å². The van der Waals surface area contributed by atoms with Gasteiger partial charge in [0.2, 0.25) is 0 Å². The van der Waals surface area contributed by atoms with E-state index in [1.807, 2.05) is 16.8 Å². The fraction of sp³-hybridized carbons (Fsp3) is 0.381. The van der Waals surface area contributed by atoms with Crippen molar-refractivity contribution in [3.8, 4) is 11.4 Å². The van der Waals surface area contributed by atoms with Crippen LogP contribution in [0.15, 0.2) is 48.8 Å². The second-order valence-corrected chi connectivity index (χ2v) is 6.88. The SMILES string of the molecule is Cc1cccc(Cn2nc(-c3ccncc3)nc2COCC2CCCO2)c1. The Bertz CT molecular complexity index is 873. The van der Waals surface area contributed by atoms with Crippen molar-refractivity contribution in [2.24, 2.45) is 0 Å². The summed E-state index contributed by atoms with van der Waals surface area (Å²) in [6.45, 7) is 4.62. The molecule has 0 saturated carbocycles. The van der Waals surface area contributed by atoms with E-state index >= 15 is 0 Å². The maximum Gasteiger partial charge on any atom is 0.181 e. The highest BCUT2D eigenvalue weighted by Gasteiger charge is 2.17. The first-order valence-electron chi connectivity index (χ1n) is 9.37. The number of rotatable bonds is 7. The van der Waals surface area contributed by atoms with Crippen LogP contribution >= 0.6 is 0 Å². The van der Waals surface area contributed by atoms with Gasteiger partial charge in [0.25, 0.3) is 0 Å². The number of hydrogen-bond donors (Lipinski definition) is 0. The summed E-state index contributed by atoms with van der Waals surface area (Å²) in [7, 11) is 0. The third kappa shape index (κ3) is 4.59. The molecule has 1 aromatic carbocycles. The molecule has 27 heavy (non-hydrogen) atoms. The van der Waals surface area contributed by atoms with Gasteiger partial charge in [0.1, 0.15) is 6.61 Å². The Hall–Kier alpha value is -2.57. The van der Waals surface area contributed by atoms with Crippen molar-refractivity contribution >= 4 is 0 Å². The summed E-state index contributed by atoms with van der Waals surface area (Å²) in [6, 6.07) is 12.3. The van der Waals surface area contributed by atoms with Gasteiger partial charge in [-0.05, 0) is 37.5 Å². The topological polar surface area (TPSA) is 62.1 Å². The van der Waals surface area contributed by atoms with Gasteiger partial charge in [0, 0.05) is 24.6 Å². The van der Waals surface area contributed by atoms with E-state index in [1.165, 1.54) is 11.1 Å². The number of benzene rings is 1. The minimum Gasteiger partial charge on any atom is -0.376 e. The number of hydrogen-bond acceptors (Lipinski definition) is 5. The normalized spacial score (nSPS) is 16.7.